The second-order valence-corrected chi connectivity index (χ2v) is 7.05. The molecule has 1 heterocycles. The van der Waals surface area contributed by atoms with Gasteiger partial charge in [0.15, 0.2) is 0 Å². The molecule has 0 aromatic heterocycles. The Balaban J connectivity index is 2.29. The molecular weight excluding hydrogens is 327 g/mol. The first kappa shape index (κ1) is 18.9. The van der Waals surface area contributed by atoms with Gasteiger partial charge in [0.1, 0.15) is 11.3 Å². The van der Waals surface area contributed by atoms with Crippen LogP contribution in [0.3, 0.4) is 0 Å². The van der Waals surface area contributed by atoms with E-state index >= 15 is 0 Å². The highest BCUT2D eigenvalue weighted by Gasteiger charge is 2.52. The second kappa shape index (κ2) is 6.82. The number of hydrogen-bond donors (Lipinski definition) is 2. The first-order chi connectivity index (χ1) is 11.1. The van der Waals surface area contributed by atoms with Crippen LogP contribution in [0.1, 0.15) is 43.6 Å². The minimum atomic E-state index is -0.580. The van der Waals surface area contributed by atoms with E-state index < -0.39 is 24.3 Å². The molecule has 1 saturated heterocycles. The fourth-order valence-electron chi connectivity index (χ4n) is 2.32. The molecule has 0 radical (unpaired) electrons. The Morgan fingerprint density at radius 1 is 1.29 bits per heavy atom. The molecule has 1 aliphatic heterocycles. The van der Waals surface area contributed by atoms with Crippen molar-refractivity contribution in [3.63, 3.8) is 0 Å². The summed E-state index contributed by atoms with van der Waals surface area (Å²) in [5.41, 5.74) is 0.812. The highest BCUT2D eigenvalue weighted by molar-refractivity contribution is 7.80. The molecule has 0 aliphatic carbocycles. The van der Waals surface area contributed by atoms with Crippen LogP contribution in [0.15, 0.2) is 23.7 Å². The van der Waals surface area contributed by atoms with Crippen molar-refractivity contribution in [1.82, 2.24) is 0 Å². The molecule has 2 rings (SSSR count). The Kier molecular flexibility index (Phi) is 5.37. The molecule has 1 aliphatic rings. The first-order valence-electron chi connectivity index (χ1n) is 7.69. The maximum atomic E-state index is 11.5. The van der Waals surface area contributed by atoms with Crippen LogP contribution in [-0.4, -0.2) is 42.3 Å². The molecule has 0 spiro atoms. The lowest BCUT2D eigenvalue weighted by molar-refractivity contribution is 0.00578. The normalized spacial score (nSPS) is 19.4. The predicted octanol–water partition coefficient (Wildman–Crippen LogP) is 3.12. The van der Waals surface area contributed by atoms with Crippen LogP contribution in [-0.2, 0) is 14.0 Å². The fraction of sp³-hybridized carbons (Fsp3) is 0.471. The Hall–Kier alpha value is -1.44. The lowest BCUT2D eigenvalue weighted by Gasteiger charge is -2.32. The van der Waals surface area contributed by atoms with Crippen LogP contribution in [0.4, 0.5) is 0 Å². The number of methoxy groups -OCH3 is 1. The van der Waals surface area contributed by atoms with Gasteiger partial charge in [0, 0.05) is 5.75 Å². The van der Waals surface area contributed by atoms with E-state index in [2.05, 4.69) is 17.4 Å². The van der Waals surface area contributed by atoms with Gasteiger partial charge >= 0.3 is 13.1 Å². The van der Waals surface area contributed by atoms with Gasteiger partial charge in [-0.15, -0.1) is 0 Å². The smallest absolute Gasteiger partial charge is 0.491 e. The van der Waals surface area contributed by atoms with E-state index in [0.29, 0.717) is 5.75 Å². The number of carbonyl (C=O) groups excluding carboxylic acids is 1. The van der Waals surface area contributed by atoms with E-state index in [4.69, 9.17) is 9.31 Å². The monoisotopic (exact) mass is 350 g/mol. The van der Waals surface area contributed by atoms with E-state index in [9.17, 15) is 9.90 Å². The van der Waals surface area contributed by atoms with Crippen LogP contribution in [0.2, 0.25) is 0 Å². The molecule has 0 amide bonds. The molecule has 0 unspecified atom stereocenters. The van der Waals surface area contributed by atoms with Gasteiger partial charge in [-0.2, -0.15) is 12.6 Å². The molecule has 1 aromatic carbocycles. The van der Waals surface area contributed by atoms with Gasteiger partial charge in [-0.25, -0.2) is 4.79 Å². The average molecular weight is 350 g/mol. The molecule has 0 saturated carbocycles. The lowest BCUT2D eigenvalue weighted by atomic mass is 9.78. The zero-order valence-electron chi connectivity index (χ0n) is 14.6. The van der Waals surface area contributed by atoms with Crippen molar-refractivity contribution in [2.24, 2.45) is 0 Å². The first-order valence-corrected chi connectivity index (χ1v) is 8.33. The SMILES string of the molecule is COC(=O)c1ccc(C=C(CS)B2OC(C)(C)C(C)(C)O2)cc1O. The number of benzene rings is 1. The van der Waals surface area contributed by atoms with E-state index in [1.54, 1.807) is 6.07 Å². The zero-order valence-corrected chi connectivity index (χ0v) is 15.5. The summed E-state index contributed by atoms with van der Waals surface area (Å²) in [5, 5.41) is 10.00. The van der Waals surface area contributed by atoms with Crippen molar-refractivity contribution in [2.75, 3.05) is 12.9 Å². The van der Waals surface area contributed by atoms with Gasteiger partial charge in [-0.1, -0.05) is 12.1 Å². The third kappa shape index (κ3) is 3.63. The lowest BCUT2D eigenvalue weighted by Crippen LogP contribution is -2.41. The largest absolute Gasteiger partial charge is 0.507 e. The van der Waals surface area contributed by atoms with E-state index in [1.807, 2.05) is 33.8 Å². The summed E-state index contributed by atoms with van der Waals surface area (Å²) in [7, 11) is 0.766. The maximum Gasteiger partial charge on any atom is 0.491 e. The van der Waals surface area contributed by atoms with Crippen molar-refractivity contribution >= 4 is 31.8 Å². The molecule has 7 heteroatoms. The summed E-state index contributed by atoms with van der Waals surface area (Å²) in [6.07, 6.45) is 1.84. The Morgan fingerprint density at radius 2 is 1.88 bits per heavy atom. The Bertz CT molecular complexity index is 653. The highest BCUT2D eigenvalue weighted by atomic mass is 32.1. The third-order valence-corrected chi connectivity index (χ3v) is 4.88. The highest BCUT2D eigenvalue weighted by Crippen LogP contribution is 2.39. The number of esters is 1. The maximum absolute atomic E-state index is 11.5. The quantitative estimate of drug-likeness (QED) is 0.496. The second-order valence-electron chi connectivity index (χ2n) is 6.73. The Morgan fingerprint density at radius 3 is 2.33 bits per heavy atom. The van der Waals surface area contributed by atoms with Crippen LogP contribution in [0, 0.1) is 0 Å². The number of phenolic OH excluding ortho intramolecular Hbond substituents is 1. The van der Waals surface area contributed by atoms with E-state index in [0.717, 1.165) is 11.0 Å². The molecular formula is C17H23BO5S. The van der Waals surface area contributed by atoms with Crippen LogP contribution in [0.25, 0.3) is 6.08 Å². The topological polar surface area (TPSA) is 65.0 Å². The van der Waals surface area contributed by atoms with Gasteiger partial charge in [0.05, 0.1) is 18.3 Å². The molecule has 1 aromatic rings. The molecule has 0 atom stereocenters. The standard InChI is InChI=1S/C17H23BO5S/c1-16(2)17(3,4)23-18(22-16)12(10-24)8-11-6-7-13(14(19)9-11)15(20)21-5/h6-9,19,24H,10H2,1-5H3. The fourth-order valence-corrected chi connectivity index (χ4v) is 2.56. The minimum absolute atomic E-state index is 0.123. The van der Waals surface area contributed by atoms with E-state index in [-0.39, 0.29) is 11.3 Å². The Labute approximate surface area is 148 Å². The van der Waals surface area contributed by atoms with Crippen molar-refractivity contribution < 1.29 is 23.9 Å². The number of hydrogen-bond acceptors (Lipinski definition) is 6. The number of aromatic hydroxyl groups is 1. The molecule has 1 fully saturated rings. The van der Waals surface area contributed by atoms with Gasteiger partial charge in [0.2, 0.25) is 0 Å². The number of ether oxygens (including phenoxy) is 1. The van der Waals surface area contributed by atoms with Crippen molar-refractivity contribution in [3.8, 4) is 5.75 Å². The van der Waals surface area contributed by atoms with Crippen molar-refractivity contribution in [1.29, 1.82) is 0 Å². The van der Waals surface area contributed by atoms with E-state index in [1.165, 1.54) is 19.2 Å². The van der Waals surface area contributed by atoms with Gasteiger partial charge in [0.25, 0.3) is 0 Å². The number of phenols is 1. The van der Waals surface area contributed by atoms with Crippen LogP contribution < -0.4 is 0 Å². The molecule has 24 heavy (non-hydrogen) atoms. The zero-order chi connectivity index (χ0) is 18.1. The van der Waals surface area contributed by atoms with Gasteiger partial charge in [-0.05, 0) is 50.9 Å². The van der Waals surface area contributed by atoms with Crippen LogP contribution in [0.5, 0.6) is 5.75 Å². The number of carbonyl (C=O) groups is 1. The summed E-state index contributed by atoms with van der Waals surface area (Å²) in [6.45, 7) is 7.94. The molecule has 5 nitrogen and oxygen atoms in total. The van der Waals surface area contributed by atoms with Gasteiger partial charge < -0.3 is 19.2 Å². The molecule has 130 valence electrons. The van der Waals surface area contributed by atoms with Crippen LogP contribution >= 0.6 is 12.6 Å². The van der Waals surface area contributed by atoms with Crippen molar-refractivity contribution in [3.05, 3.63) is 34.8 Å². The summed E-state index contributed by atoms with van der Waals surface area (Å²) >= 11 is 4.36. The van der Waals surface area contributed by atoms with Crippen molar-refractivity contribution in [2.45, 2.75) is 38.9 Å². The summed E-state index contributed by atoms with van der Waals surface area (Å²) in [5.74, 6) is -0.275. The summed E-state index contributed by atoms with van der Waals surface area (Å²) in [6, 6.07) is 4.74. The molecule has 1 N–H and O–H groups in total. The number of thiol groups is 1. The summed E-state index contributed by atoms with van der Waals surface area (Å²) < 4.78 is 16.7. The minimum Gasteiger partial charge on any atom is -0.507 e. The predicted molar refractivity (Wildman–Crippen MR) is 97.4 cm³/mol. The molecule has 0 bridgehead atoms. The average Bonchev–Trinajstić information content (AvgIpc) is 2.72. The summed E-state index contributed by atoms with van der Waals surface area (Å²) in [4.78, 5) is 11.5. The van der Waals surface area contributed by atoms with Gasteiger partial charge in [-0.3, -0.25) is 0 Å². The number of rotatable bonds is 4. The third-order valence-electron chi connectivity index (χ3n) is 4.52.